The standard InChI is InChI=1S/C33H66O2/c1-5-8-11-14-17-19-22-25-28-32(29-26-23-20-18-15-12-9-6-2)30-35-33(34)31(4)27-24-21-16-13-10-7-3/h31-32H,5-30H2,1-4H3. The molecule has 0 aromatic heterocycles. The number of esters is 1. The molecule has 0 amide bonds. The fourth-order valence-corrected chi connectivity index (χ4v) is 5.14. The van der Waals surface area contributed by atoms with E-state index >= 15 is 0 Å². The van der Waals surface area contributed by atoms with Gasteiger partial charge in [-0.05, 0) is 25.2 Å². The van der Waals surface area contributed by atoms with Gasteiger partial charge in [0.2, 0.25) is 0 Å². The van der Waals surface area contributed by atoms with E-state index in [0.29, 0.717) is 12.5 Å². The van der Waals surface area contributed by atoms with Crippen molar-refractivity contribution < 1.29 is 9.53 Å². The minimum absolute atomic E-state index is 0.0513. The maximum absolute atomic E-state index is 12.6. The molecule has 0 heterocycles. The highest BCUT2D eigenvalue weighted by Crippen LogP contribution is 2.21. The second-order valence-corrected chi connectivity index (χ2v) is 11.5. The van der Waals surface area contributed by atoms with Crippen molar-refractivity contribution in [2.24, 2.45) is 11.8 Å². The Balaban J connectivity index is 4.16. The number of carbonyl (C=O) groups excluding carboxylic acids is 1. The highest BCUT2D eigenvalue weighted by atomic mass is 16.5. The lowest BCUT2D eigenvalue weighted by atomic mass is 9.94. The number of unbranched alkanes of at least 4 members (excludes halogenated alkanes) is 19. The lowest BCUT2D eigenvalue weighted by Crippen LogP contribution is -2.20. The summed E-state index contributed by atoms with van der Waals surface area (Å²) in [6, 6.07) is 0. The third-order valence-corrected chi connectivity index (χ3v) is 7.79. The van der Waals surface area contributed by atoms with E-state index in [2.05, 4.69) is 27.7 Å². The first-order valence-electron chi connectivity index (χ1n) is 16.3. The highest BCUT2D eigenvalue weighted by molar-refractivity contribution is 5.71. The second kappa shape index (κ2) is 28.0. The van der Waals surface area contributed by atoms with E-state index in [1.54, 1.807) is 0 Å². The summed E-state index contributed by atoms with van der Waals surface area (Å²) in [5.41, 5.74) is 0. The number of ether oxygens (including phenoxy) is 1. The Labute approximate surface area is 222 Å². The molecule has 0 saturated heterocycles. The summed E-state index contributed by atoms with van der Waals surface area (Å²) < 4.78 is 5.87. The average Bonchev–Trinajstić information content (AvgIpc) is 2.86. The summed E-state index contributed by atoms with van der Waals surface area (Å²) in [5, 5.41) is 0. The molecular formula is C33H66O2. The van der Waals surface area contributed by atoms with Gasteiger partial charge in [-0.3, -0.25) is 4.79 Å². The molecule has 0 spiro atoms. The molecule has 0 aliphatic carbocycles. The molecule has 2 heteroatoms. The quantitative estimate of drug-likeness (QED) is 0.0798. The van der Waals surface area contributed by atoms with Gasteiger partial charge < -0.3 is 4.74 Å². The van der Waals surface area contributed by atoms with Crippen LogP contribution in [0.2, 0.25) is 0 Å². The largest absolute Gasteiger partial charge is 0.465 e. The molecule has 0 N–H and O–H groups in total. The van der Waals surface area contributed by atoms with Gasteiger partial charge in [0, 0.05) is 0 Å². The van der Waals surface area contributed by atoms with Crippen LogP contribution in [0.25, 0.3) is 0 Å². The first-order valence-corrected chi connectivity index (χ1v) is 16.3. The van der Waals surface area contributed by atoms with Crippen LogP contribution in [0, 0.1) is 11.8 Å². The lowest BCUT2D eigenvalue weighted by Gasteiger charge is -2.19. The van der Waals surface area contributed by atoms with Crippen molar-refractivity contribution in [3.63, 3.8) is 0 Å². The summed E-state index contributed by atoms with van der Waals surface area (Å²) in [6.07, 6.45) is 33.1. The molecular weight excluding hydrogens is 428 g/mol. The first kappa shape index (κ1) is 34.5. The molecule has 0 aromatic rings. The van der Waals surface area contributed by atoms with Crippen molar-refractivity contribution in [3.05, 3.63) is 0 Å². The van der Waals surface area contributed by atoms with Crippen LogP contribution in [0.15, 0.2) is 0 Å². The molecule has 0 aliphatic rings. The van der Waals surface area contributed by atoms with Gasteiger partial charge in [-0.15, -0.1) is 0 Å². The summed E-state index contributed by atoms with van der Waals surface area (Å²) >= 11 is 0. The minimum atomic E-state index is 0.0513. The summed E-state index contributed by atoms with van der Waals surface area (Å²) in [6.45, 7) is 9.56. The van der Waals surface area contributed by atoms with E-state index in [-0.39, 0.29) is 11.9 Å². The molecule has 0 radical (unpaired) electrons. The van der Waals surface area contributed by atoms with Gasteiger partial charge in [0.25, 0.3) is 0 Å². The molecule has 1 unspecified atom stereocenters. The Kier molecular flexibility index (Phi) is 27.6. The molecule has 0 bridgehead atoms. The molecule has 2 nitrogen and oxygen atoms in total. The van der Waals surface area contributed by atoms with Crippen LogP contribution in [0.1, 0.15) is 188 Å². The molecule has 0 fully saturated rings. The Morgan fingerprint density at radius 1 is 0.486 bits per heavy atom. The van der Waals surface area contributed by atoms with Crippen LogP contribution >= 0.6 is 0 Å². The van der Waals surface area contributed by atoms with Crippen LogP contribution in [0.5, 0.6) is 0 Å². The van der Waals surface area contributed by atoms with Crippen LogP contribution in [0.4, 0.5) is 0 Å². The maximum atomic E-state index is 12.6. The smallest absolute Gasteiger partial charge is 0.308 e. The van der Waals surface area contributed by atoms with E-state index < -0.39 is 0 Å². The summed E-state index contributed by atoms with van der Waals surface area (Å²) in [4.78, 5) is 12.6. The van der Waals surface area contributed by atoms with Crippen molar-refractivity contribution in [3.8, 4) is 0 Å². The molecule has 0 aromatic carbocycles. The zero-order valence-electron chi connectivity index (χ0n) is 24.9. The monoisotopic (exact) mass is 495 g/mol. The van der Waals surface area contributed by atoms with Gasteiger partial charge in [-0.25, -0.2) is 0 Å². The predicted octanol–water partition coefficient (Wildman–Crippen LogP) is 11.6. The highest BCUT2D eigenvalue weighted by Gasteiger charge is 2.17. The van der Waals surface area contributed by atoms with Gasteiger partial charge in [0.05, 0.1) is 12.5 Å². The Bertz CT molecular complexity index is 399. The minimum Gasteiger partial charge on any atom is -0.465 e. The fourth-order valence-electron chi connectivity index (χ4n) is 5.14. The fraction of sp³-hybridized carbons (Fsp3) is 0.970. The van der Waals surface area contributed by atoms with Gasteiger partial charge in [0.15, 0.2) is 0 Å². The lowest BCUT2D eigenvalue weighted by molar-refractivity contribution is -0.149. The Morgan fingerprint density at radius 2 is 0.800 bits per heavy atom. The van der Waals surface area contributed by atoms with Crippen molar-refractivity contribution in [2.45, 2.75) is 188 Å². The van der Waals surface area contributed by atoms with E-state index in [1.165, 1.54) is 154 Å². The zero-order valence-corrected chi connectivity index (χ0v) is 24.9. The van der Waals surface area contributed by atoms with Gasteiger partial charge in [-0.2, -0.15) is 0 Å². The molecule has 1 atom stereocenters. The number of hydrogen-bond acceptors (Lipinski definition) is 2. The molecule has 210 valence electrons. The summed E-state index contributed by atoms with van der Waals surface area (Å²) in [5.74, 6) is 0.684. The van der Waals surface area contributed by atoms with Crippen LogP contribution < -0.4 is 0 Å². The SMILES string of the molecule is CCCCCCCCCCC(CCCCCCCCCC)COC(=O)C(C)CCCCCCCC. The van der Waals surface area contributed by atoms with Crippen LogP contribution in [0.3, 0.4) is 0 Å². The normalized spacial score (nSPS) is 12.4. The Morgan fingerprint density at radius 3 is 1.17 bits per heavy atom. The predicted molar refractivity (Wildman–Crippen MR) is 156 cm³/mol. The number of rotatable bonds is 28. The Hall–Kier alpha value is -0.530. The maximum Gasteiger partial charge on any atom is 0.308 e. The number of carbonyl (C=O) groups is 1. The molecule has 0 rings (SSSR count). The van der Waals surface area contributed by atoms with E-state index in [4.69, 9.17) is 4.74 Å². The van der Waals surface area contributed by atoms with Crippen molar-refractivity contribution >= 4 is 5.97 Å². The van der Waals surface area contributed by atoms with Gasteiger partial charge >= 0.3 is 5.97 Å². The molecule has 0 aliphatic heterocycles. The second-order valence-electron chi connectivity index (χ2n) is 11.5. The van der Waals surface area contributed by atoms with Crippen molar-refractivity contribution in [2.75, 3.05) is 6.61 Å². The zero-order chi connectivity index (χ0) is 25.8. The number of hydrogen-bond donors (Lipinski definition) is 0. The first-order chi connectivity index (χ1) is 17.2. The molecule has 0 saturated carbocycles. The average molecular weight is 495 g/mol. The van der Waals surface area contributed by atoms with Gasteiger partial charge in [-0.1, -0.05) is 169 Å². The topological polar surface area (TPSA) is 26.3 Å². The van der Waals surface area contributed by atoms with E-state index in [9.17, 15) is 4.79 Å². The van der Waals surface area contributed by atoms with Crippen LogP contribution in [-0.4, -0.2) is 12.6 Å². The van der Waals surface area contributed by atoms with E-state index in [0.717, 1.165) is 6.42 Å². The third kappa shape index (κ3) is 24.9. The van der Waals surface area contributed by atoms with Crippen LogP contribution in [-0.2, 0) is 9.53 Å². The van der Waals surface area contributed by atoms with E-state index in [1.807, 2.05) is 0 Å². The van der Waals surface area contributed by atoms with Crippen molar-refractivity contribution in [1.82, 2.24) is 0 Å². The third-order valence-electron chi connectivity index (χ3n) is 7.79. The molecule has 35 heavy (non-hydrogen) atoms. The summed E-state index contributed by atoms with van der Waals surface area (Å²) in [7, 11) is 0. The van der Waals surface area contributed by atoms with Gasteiger partial charge in [0.1, 0.15) is 0 Å². The van der Waals surface area contributed by atoms with Crippen molar-refractivity contribution in [1.29, 1.82) is 0 Å².